The highest BCUT2D eigenvalue weighted by Gasteiger charge is 2.30. The molecule has 0 bridgehead atoms. The zero-order chi connectivity index (χ0) is 10.1. The summed E-state index contributed by atoms with van der Waals surface area (Å²) in [5, 5.41) is 5.44. The molecule has 2 N–H and O–H groups in total. The van der Waals surface area contributed by atoms with Gasteiger partial charge in [0.15, 0.2) is 0 Å². The summed E-state index contributed by atoms with van der Waals surface area (Å²) in [5.41, 5.74) is 7.03. The molecule has 1 amide bonds. The fourth-order valence-corrected chi connectivity index (χ4v) is 1.33. The molecule has 0 radical (unpaired) electrons. The van der Waals surface area contributed by atoms with E-state index in [1.54, 1.807) is 6.92 Å². The summed E-state index contributed by atoms with van der Waals surface area (Å²) >= 11 is 0. The zero-order valence-corrected chi connectivity index (χ0v) is 7.84. The number of para-hydroxylation sites is 1. The predicted molar refractivity (Wildman–Crippen MR) is 55.0 cm³/mol. The van der Waals surface area contributed by atoms with E-state index >= 15 is 0 Å². The summed E-state index contributed by atoms with van der Waals surface area (Å²) in [4.78, 5) is 11.6. The lowest BCUT2D eigenvalue weighted by atomic mass is 10.2. The van der Waals surface area contributed by atoms with Crippen LogP contribution < -0.4 is 10.7 Å². The Kier molecular flexibility index (Phi) is 2.05. The van der Waals surface area contributed by atoms with E-state index in [-0.39, 0.29) is 5.91 Å². The minimum Gasteiger partial charge on any atom is -0.315 e. The number of anilines is 1. The SMILES string of the molecule is CC1=NN(c2ccccc2)C(=O)[C@@H]1N. The normalized spacial score (nSPS) is 21.3. The molecule has 1 aliphatic rings. The van der Waals surface area contributed by atoms with Crippen molar-refractivity contribution in [3.63, 3.8) is 0 Å². The molecule has 72 valence electrons. The summed E-state index contributed by atoms with van der Waals surface area (Å²) < 4.78 is 0. The van der Waals surface area contributed by atoms with E-state index in [1.807, 2.05) is 30.3 Å². The molecular formula is C10H11N3O. The second kappa shape index (κ2) is 3.23. The number of carbonyl (C=O) groups excluding carboxylic acids is 1. The molecule has 1 aromatic carbocycles. The Balaban J connectivity index is 2.35. The Labute approximate surface area is 82.0 Å². The third kappa shape index (κ3) is 1.29. The smallest absolute Gasteiger partial charge is 0.270 e. The van der Waals surface area contributed by atoms with E-state index in [1.165, 1.54) is 5.01 Å². The van der Waals surface area contributed by atoms with Gasteiger partial charge < -0.3 is 5.73 Å². The van der Waals surface area contributed by atoms with Crippen LogP contribution in [0, 0.1) is 0 Å². The van der Waals surface area contributed by atoms with Crippen molar-refractivity contribution in [3.05, 3.63) is 30.3 Å². The van der Waals surface area contributed by atoms with E-state index < -0.39 is 6.04 Å². The van der Waals surface area contributed by atoms with Crippen molar-refractivity contribution in [2.75, 3.05) is 5.01 Å². The van der Waals surface area contributed by atoms with Gasteiger partial charge in [0.05, 0.1) is 11.4 Å². The molecule has 0 fully saturated rings. The number of rotatable bonds is 1. The molecule has 4 heteroatoms. The second-order valence-electron chi connectivity index (χ2n) is 3.20. The van der Waals surface area contributed by atoms with Crippen LogP contribution in [0.2, 0.25) is 0 Å². The van der Waals surface area contributed by atoms with Crippen LogP contribution in [0.1, 0.15) is 6.92 Å². The van der Waals surface area contributed by atoms with Crippen molar-refractivity contribution >= 4 is 17.3 Å². The molecule has 1 atom stereocenters. The molecule has 0 saturated carbocycles. The summed E-state index contributed by atoms with van der Waals surface area (Å²) in [5.74, 6) is -0.172. The fourth-order valence-electron chi connectivity index (χ4n) is 1.33. The summed E-state index contributed by atoms with van der Waals surface area (Å²) in [6.45, 7) is 1.76. The van der Waals surface area contributed by atoms with Gasteiger partial charge in [-0.1, -0.05) is 18.2 Å². The van der Waals surface area contributed by atoms with Crippen LogP contribution in [-0.2, 0) is 4.79 Å². The summed E-state index contributed by atoms with van der Waals surface area (Å²) in [7, 11) is 0. The predicted octanol–water partition coefficient (Wildman–Crippen LogP) is 0.736. The molecule has 2 rings (SSSR count). The lowest BCUT2D eigenvalue weighted by Gasteiger charge is -2.11. The van der Waals surface area contributed by atoms with Crippen LogP contribution >= 0.6 is 0 Å². The van der Waals surface area contributed by atoms with Crippen LogP contribution in [0.15, 0.2) is 35.4 Å². The number of benzene rings is 1. The first kappa shape index (κ1) is 8.90. The van der Waals surface area contributed by atoms with Crippen LogP contribution in [0.5, 0.6) is 0 Å². The van der Waals surface area contributed by atoms with E-state index in [0.717, 1.165) is 5.69 Å². The maximum atomic E-state index is 11.6. The molecule has 0 spiro atoms. The molecule has 4 nitrogen and oxygen atoms in total. The quantitative estimate of drug-likeness (QED) is 0.708. The Bertz CT molecular complexity index is 386. The highest BCUT2D eigenvalue weighted by Crippen LogP contribution is 2.18. The number of nitrogens with two attached hydrogens (primary N) is 1. The van der Waals surface area contributed by atoms with Crippen molar-refractivity contribution < 1.29 is 4.79 Å². The highest BCUT2D eigenvalue weighted by molar-refractivity contribution is 6.17. The van der Waals surface area contributed by atoms with E-state index in [9.17, 15) is 4.79 Å². The molecule has 1 aromatic rings. The van der Waals surface area contributed by atoms with Crippen LogP contribution in [0.25, 0.3) is 0 Å². The zero-order valence-electron chi connectivity index (χ0n) is 7.84. The minimum atomic E-state index is -0.588. The van der Waals surface area contributed by atoms with Gasteiger partial charge in [0.1, 0.15) is 6.04 Å². The first-order chi connectivity index (χ1) is 6.70. The van der Waals surface area contributed by atoms with Crippen molar-refractivity contribution in [3.8, 4) is 0 Å². The van der Waals surface area contributed by atoms with Crippen molar-refractivity contribution in [1.29, 1.82) is 0 Å². The van der Waals surface area contributed by atoms with Crippen molar-refractivity contribution in [2.45, 2.75) is 13.0 Å². The van der Waals surface area contributed by atoms with Crippen molar-refractivity contribution in [1.82, 2.24) is 0 Å². The average Bonchev–Trinajstić information content (AvgIpc) is 2.47. The van der Waals surface area contributed by atoms with Gasteiger partial charge in [-0.2, -0.15) is 10.1 Å². The average molecular weight is 189 g/mol. The number of amides is 1. The number of hydrogen-bond donors (Lipinski definition) is 1. The van der Waals surface area contributed by atoms with Gasteiger partial charge in [0.25, 0.3) is 5.91 Å². The number of hydrazone groups is 1. The number of nitrogens with zero attached hydrogens (tertiary/aromatic N) is 2. The second-order valence-corrected chi connectivity index (χ2v) is 3.20. The Morgan fingerprint density at radius 1 is 1.36 bits per heavy atom. The minimum absolute atomic E-state index is 0.172. The standard InChI is InChI=1S/C10H11N3O/c1-7-9(11)10(14)13(12-7)8-5-3-2-4-6-8/h2-6,9H,11H2,1H3/t9-/m1/s1. The van der Waals surface area contributed by atoms with Crippen molar-refractivity contribution in [2.24, 2.45) is 10.8 Å². The summed E-state index contributed by atoms with van der Waals surface area (Å²) in [6.07, 6.45) is 0. The lowest BCUT2D eigenvalue weighted by Crippen LogP contribution is -2.38. The van der Waals surface area contributed by atoms with Gasteiger partial charge in [-0.3, -0.25) is 4.79 Å². The lowest BCUT2D eigenvalue weighted by molar-refractivity contribution is -0.117. The van der Waals surface area contributed by atoms with Crippen LogP contribution in [0.3, 0.4) is 0 Å². The van der Waals surface area contributed by atoms with E-state index in [4.69, 9.17) is 5.73 Å². The number of carbonyl (C=O) groups is 1. The molecule has 1 aliphatic heterocycles. The van der Waals surface area contributed by atoms with Crippen LogP contribution in [-0.4, -0.2) is 17.7 Å². The van der Waals surface area contributed by atoms with Gasteiger partial charge in [0, 0.05) is 0 Å². The fraction of sp³-hybridized carbons (Fsp3) is 0.200. The first-order valence-electron chi connectivity index (χ1n) is 4.40. The first-order valence-corrected chi connectivity index (χ1v) is 4.40. The molecular weight excluding hydrogens is 178 g/mol. The maximum Gasteiger partial charge on any atom is 0.270 e. The molecule has 14 heavy (non-hydrogen) atoms. The largest absolute Gasteiger partial charge is 0.315 e. The van der Waals surface area contributed by atoms with Gasteiger partial charge in [0.2, 0.25) is 0 Å². The Morgan fingerprint density at radius 2 is 2.00 bits per heavy atom. The summed E-state index contributed by atoms with van der Waals surface area (Å²) in [6, 6.07) is 8.67. The highest BCUT2D eigenvalue weighted by atomic mass is 16.2. The molecule has 0 saturated heterocycles. The monoisotopic (exact) mass is 189 g/mol. The van der Waals surface area contributed by atoms with Crippen LogP contribution in [0.4, 0.5) is 5.69 Å². The molecule has 0 aromatic heterocycles. The topological polar surface area (TPSA) is 58.7 Å². The van der Waals surface area contributed by atoms with Gasteiger partial charge in [-0.05, 0) is 19.1 Å². The van der Waals surface area contributed by atoms with E-state index in [0.29, 0.717) is 5.71 Å². The van der Waals surface area contributed by atoms with Gasteiger partial charge >= 0.3 is 0 Å². The van der Waals surface area contributed by atoms with Gasteiger partial charge in [-0.25, -0.2) is 0 Å². The Hall–Kier alpha value is -1.68. The number of hydrogen-bond acceptors (Lipinski definition) is 3. The third-order valence-electron chi connectivity index (χ3n) is 2.18. The maximum absolute atomic E-state index is 11.6. The van der Waals surface area contributed by atoms with Gasteiger partial charge in [-0.15, -0.1) is 0 Å². The Morgan fingerprint density at radius 3 is 2.50 bits per heavy atom. The third-order valence-corrected chi connectivity index (χ3v) is 2.18. The molecule has 0 aliphatic carbocycles. The molecule has 1 heterocycles. The molecule has 0 unspecified atom stereocenters. The van der Waals surface area contributed by atoms with E-state index in [2.05, 4.69) is 5.10 Å².